The molecule has 1 N–H and O–H groups in total. The normalized spacial score (nSPS) is 27.8. The van der Waals surface area contributed by atoms with E-state index in [2.05, 4.69) is 10.2 Å². The first-order valence-electron chi connectivity index (χ1n) is 7.60. The van der Waals surface area contributed by atoms with Gasteiger partial charge in [0.2, 0.25) is 5.91 Å². The summed E-state index contributed by atoms with van der Waals surface area (Å²) in [6, 6.07) is 8.00. The van der Waals surface area contributed by atoms with E-state index in [9.17, 15) is 4.79 Å². The fourth-order valence-corrected chi connectivity index (χ4v) is 3.33. The first-order valence-corrected chi connectivity index (χ1v) is 7.60. The number of rotatable bonds is 4. The lowest BCUT2D eigenvalue weighted by atomic mass is 9.84. The Morgan fingerprint density at radius 3 is 2.76 bits per heavy atom. The molecule has 3 heterocycles. The number of carbonyl (C=O) groups is 1. The van der Waals surface area contributed by atoms with Crippen LogP contribution in [0.1, 0.15) is 18.4 Å². The van der Waals surface area contributed by atoms with Gasteiger partial charge in [-0.3, -0.25) is 4.79 Å². The Hall–Kier alpha value is -1.81. The summed E-state index contributed by atoms with van der Waals surface area (Å²) in [5, 5.41) is 3.15. The van der Waals surface area contributed by atoms with Crippen molar-refractivity contribution in [2.24, 2.45) is 5.92 Å². The molecule has 0 aromatic heterocycles. The van der Waals surface area contributed by atoms with E-state index in [1.165, 1.54) is 25.9 Å². The van der Waals surface area contributed by atoms with E-state index < -0.39 is 0 Å². The minimum Gasteiger partial charge on any atom is -0.496 e. The highest BCUT2D eigenvalue weighted by Crippen LogP contribution is 2.27. The van der Waals surface area contributed by atoms with Crippen molar-refractivity contribution in [3.05, 3.63) is 35.9 Å². The van der Waals surface area contributed by atoms with Crippen LogP contribution in [0.25, 0.3) is 6.08 Å². The van der Waals surface area contributed by atoms with Crippen molar-refractivity contribution in [1.29, 1.82) is 0 Å². The van der Waals surface area contributed by atoms with Crippen LogP contribution >= 0.6 is 0 Å². The smallest absolute Gasteiger partial charge is 0.244 e. The van der Waals surface area contributed by atoms with E-state index in [0.29, 0.717) is 12.0 Å². The van der Waals surface area contributed by atoms with Gasteiger partial charge in [-0.25, -0.2) is 0 Å². The van der Waals surface area contributed by atoms with Gasteiger partial charge in [-0.1, -0.05) is 18.2 Å². The Kier molecular flexibility index (Phi) is 4.25. The zero-order chi connectivity index (χ0) is 14.7. The lowest BCUT2D eigenvalue weighted by Gasteiger charge is -2.44. The van der Waals surface area contributed by atoms with E-state index in [0.717, 1.165) is 17.9 Å². The summed E-state index contributed by atoms with van der Waals surface area (Å²) in [6.07, 6.45) is 5.84. The molecular weight excluding hydrogens is 264 g/mol. The predicted molar refractivity (Wildman–Crippen MR) is 83.1 cm³/mol. The summed E-state index contributed by atoms with van der Waals surface area (Å²) in [4.78, 5) is 14.5. The second-order valence-corrected chi connectivity index (χ2v) is 5.83. The van der Waals surface area contributed by atoms with Crippen molar-refractivity contribution >= 4 is 12.0 Å². The number of carbonyl (C=O) groups excluding carboxylic acids is 1. The molecule has 3 aliphatic rings. The minimum absolute atomic E-state index is 0.0142. The predicted octanol–water partition coefficient (Wildman–Crippen LogP) is 1.92. The van der Waals surface area contributed by atoms with Crippen LogP contribution in [-0.4, -0.2) is 43.6 Å². The molecule has 3 fully saturated rings. The number of amides is 1. The molecule has 21 heavy (non-hydrogen) atoms. The molecule has 1 aromatic carbocycles. The number of hydrogen-bond acceptors (Lipinski definition) is 3. The Morgan fingerprint density at radius 1 is 1.33 bits per heavy atom. The van der Waals surface area contributed by atoms with E-state index in [1.807, 2.05) is 30.3 Å². The summed E-state index contributed by atoms with van der Waals surface area (Å²) in [5.41, 5.74) is 0.920. The van der Waals surface area contributed by atoms with E-state index in [4.69, 9.17) is 4.74 Å². The van der Waals surface area contributed by atoms with Gasteiger partial charge in [0.1, 0.15) is 5.75 Å². The molecular formula is C17H22N2O2. The Bertz CT molecular complexity index is 533. The van der Waals surface area contributed by atoms with Gasteiger partial charge >= 0.3 is 0 Å². The monoisotopic (exact) mass is 286 g/mol. The zero-order valence-electron chi connectivity index (χ0n) is 12.4. The van der Waals surface area contributed by atoms with Crippen LogP contribution in [0.4, 0.5) is 0 Å². The van der Waals surface area contributed by atoms with Crippen LogP contribution in [0.15, 0.2) is 30.3 Å². The number of nitrogens with one attached hydrogen (secondary N) is 1. The summed E-state index contributed by atoms with van der Waals surface area (Å²) in [6.45, 7) is 3.38. The van der Waals surface area contributed by atoms with Gasteiger partial charge in [-0.05, 0) is 44.0 Å². The lowest BCUT2D eigenvalue weighted by molar-refractivity contribution is -0.118. The molecule has 0 saturated carbocycles. The lowest BCUT2D eigenvalue weighted by Crippen LogP contribution is -2.57. The third-order valence-electron chi connectivity index (χ3n) is 4.54. The molecule has 3 aliphatic heterocycles. The first kappa shape index (κ1) is 14.1. The Labute approximate surface area is 125 Å². The second-order valence-electron chi connectivity index (χ2n) is 5.83. The number of methoxy groups -OCH3 is 1. The molecule has 112 valence electrons. The molecule has 1 aromatic rings. The maximum atomic E-state index is 12.1. The van der Waals surface area contributed by atoms with Gasteiger partial charge in [0, 0.05) is 24.2 Å². The molecule has 0 aliphatic carbocycles. The maximum absolute atomic E-state index is 12.1. The van der Waals surface area contributed by atoms with Crippen molar-refractivity contribution in [3.8, 4) is 5.75 Å². The van der Waals surface area contributed by atoms with Crippen molar-refractivity contribution in [1.82, 2.24) is 10.2 Å². The second kappa shape index (κ2) is 6.31. The zero-order valence-corrected chi connectivity index (χ0v) is 12.4. The number of hydrogen-bond donors (Lipinski definition) is 1. The van der Waals surface area contributed by atoms with Crippen LogP contribution in [0.3, 0.4) is 0 Å². The Morgan fingerprint density at radius 2 is 2.10 bits per heavy atom. The topological polar surface area (TPSA) is 41.6 Å². The molecule has 4 rings (SSSR count). The quantitative estimate of drug-likeness (QED) is 0.860. The SMILES string of the molecule is COc1ccccc1C=CC(=O)NC1CN2CCC1CC2. The van der Waals surface area contributed by atoms with Crippen LogP contribution in [-0.2, 0) is 4.79 Å². The van der Waals surface area contributed by atoms with Crippen molar-refractivity contribution in [2.45, 2.75) is 18.9 Å². The number of fused-ring (bicyclic) bond motifs is 3. The molecule has 2 bridgehead atoms. The molecule has 3 saturated heterocycles. The molecule has 1 amide bonds. The van der Waals surface area contributed by atoms with Crippen LogP contribution in [0, 0.1) is 5.92 Å². The highest BCUT2D eigenvalue weighted by molar-refractivity contribution is 5.92. The number of ether oxygens (including phenoxy) is 1. The van der Waals surface area contributed by atoms with Gasteiger partial charge < -0.3 is 15.0 Å². The summed E-state index contributed by atoms with van der Waals surface area (Å²) >= 11 is 0. The van der Waals surface area contributed by atoms with E-state index >= 15 is 0 Å². The fraction of sp³-hybridized carbons (Fsp3) is 0.471. The molecule has 1 unspecified atom stereocenters. The van der Waals surface area contributed by atoms with Crippen molar-refractivity contribution < 1.29 is 9.53 Å². The van der Waals surface area contributed by atoms with Gasteiger partial charge in [-0.2, -0.15) is 0 Å². The number of para-hydroxylation sites is 1. The standard InChI is InChI=1S/C17H22N2O2/c1-21-16-5-3-2-4-14(16)6-7-17(20)18-15-12-19-10-8-13(15)9-11-19/h2-7,13,15H,8-12H2,1H3,(H,18,20). The van der Waals surface area contributed by atoms with Gasteiger partial charge in [-0.15, -0.1) is 0 Å². The largest absolute Gasteiger partial charge is 0.496 e. The van der Waals surface area contributed by atoms with E-state index in [1.54, 1.807) is 13.2 Å². The number of piperidine rings is 3. The number of nitrogens with zero attached hydrogens (tertiary/aromatic N) is 1. The van der Waals surface area contributed by atoms with Gasteiger partial charge in [0.25, 0.3) is 0 Å². The van der Waals surface area contributed by atoms with Crippen LogP contribution in [0.5, 0.6) is 5.75 Å². The van der Waals surface area contributed by atoms with Crippen molar-refractivity contribution in [2.75, 3.05) is 26.7 Å². The molecule has 1 atom stereocenters. The van der Waals surface area contributed by atoms with E-state index in [-0.39, 0.29) is 5.91 Å². The highest BCUT2D eigenvalue weighted by Gasteiger charge is 2.34. The molecule has 0 spiro atoms. The summed E-state index contributed by atoms with van der Waals surface area (Å²) in [5.74, 6) is 1.42. The van der Waals surface area contributed by atoms with Crippen molar-refractivity contribution in [3.63, 3.8) is 0 Å². The summed E-state index contributed by atoms with van der Waals surface area (Å²) < 4.78 is 5.28. The average molecular weight is 286 g/mol. The average Bonchev–Trinajstić information content (AvgIpc) is 2.54. The van der Waals surface area contributed by atoms with Crippen LogP contribution < -0.4 is 10.1 Å². The fourth-order valence-electron chi connectivity index (χ4n) is 3.33. The third kappa shape index (κ3) is 3.27. The summed E-state index contributed by atoms with van der Waals surface area (Å²) in [7, 11) is 1.64. The van der Waals surface area contributed by atoms with Gasteiger partial charge in [0.15, 0.2) is 0 Å². The maximum Gasteiger partial charge on any atom is 0.244 e. The molecule has 4 heteroatoms. The van der Waals surface area contributed by atoms with Gasteiger partial charge in [0.05, 0.1) is 7.11 Å². The van der Waals surface area contributed by atoms with Crippen LogP contribution in [0.2, 0.25) is 0 Å². The molecule has 0 radical (unpaired) electrons. The number of benzene rings is 1. The Balaban J connectivity index is 1.60. The minimum atomic E-state index is -0.0142. The third-order valence-corrected chi connectivity index (χ3v) is 4.54. The molecule has 4 nitrogen and oxygen atoms in total. The highest BCUT2D eigenvalue weighted by atomic mass is 16.5. The first-order chi connectivity index (χ1) is 10.3.